The molecule has 4 nitrogen and oxygen atoms in total. The predicted octanol–water partition coefficient (Wildman–Crippen LogP) is 2.61. The highest BCUT2D eigenvalue weighted by Crippen LogP contribution is 2.28. The third-order valence-corrected chi connectivity index (χ3v) is 3.65. The molecule has 0 aliphatic carbocycles. The molecule has 0 bridgehead atoms. The van der Waals surface area contributed by atoms with E-state index in [2.05, 4.69) is 53.8 Å². The minimum Gasteiger partial charge on any atom is -0.271 e. The van der Waals surface area contributed by atoms with Gasteiger partial charge in [0.05, 0.1) is 11.7 Å². The highest BCUT2D eigenvalue weighted by molar-refractivity contribution is 5.86. The van der Waals surface area contributed by atoms with E-state index in [0.29, 0.717) is 0 Å². The molecule has 0 saturated carbocycles. The summed E-state index contributed by atoms with van der Waals surface area (Å²) in [5, 5.41) is 6.76. The molecule has 3 N–H and O–H groups in total. The van der Waals surface area contributed by atoms with Crippen LogP contribution in [0.25, 0.3) is 10.8 Å². The minimum absolute atomic E-state index is 0.0662. The van der Waals surface area contributed by atoms with E-state index >= 15 is 0 Å². The van der Waals surface area contributed by atoms with Crippen LogP contribution in [0.1, 0.15) is 24.2 Å². The van der Waals surface area contributed by atoms with Crippen LogP contribution in [0.15, 0.2) is 54.7 Å². The summed E-state index contributed by atoms with van der Waals surface area (Å²) in [7, 11) is 0. The molecule has 102 valence electrons. The summed E-state index contributed by atoms with van der Waals surface area (Å²) in [6.07, 6.45) is 1.81. The number of nitrogens with zero attached hydrogens (tertiary/aromatic N) is 2. The summed E-state index contributed by atoms with van der Waals surface area (Å²) in [6.45, 7) is 2.90. The number of aromatic nitrogens is 2. The van der Waals surface area contributed by atoms with Crippen molar-refractivity contribution >= 4 is 10.8 Å². The van der Waals surface area contributed by atoms with Gasteiger partial charge in [-0.1, -0.05) is 42.5 Å². The molecule has 0 radical (unpaired) electrons. The molecule has 20 heavy (non-hydrogen) atoms. The lowest BCUT2D eigenvalue weighted by molar-refractivity contribution is 0.545. The van der Waals surface area contributed by atoms with E-state index < -0.39 is 0 Å². The van der Waals surface area contributed by atoms with Gasteiger partial charge in [0.25, 0.3) is 0 Å². The van der Waals surface area contributed by atoms with Gasteiger partial charge in [-0.25, -0.2) is 5.43 Å². The first-order valence-electron chi connectivity index (χ1n) is 6.80. The Labute approximate surface area is 118 Å². The Morgan fingerprint density at radius 2 is 1.95 bits per heavy atom. The summed E-state index contributed by atoms with van der Waals surface area (Å²) in [5.41, 5.74) is 5.17. The van der Waals surface area contributed by atoms with Crippen LogP contribution >= 0.6 is 0 Å². The van der Waals surface area contributed by atoms with E-state index in [-0.39, 0.29) is 6.04 Å². The second kappa shape index (κ2) is 5.45. The van der Waals surface area contributed by atoms with Gasteiger partial charge in [-0.15, -0.1) is 0 Å². The Hall–Kier alpha value is -2.17. The van der Waals surface area contributed by atoms with Crippen molar-refractivity contribution in [2.45, 2.75) is 19.5 Å². The quantitative estimate of drug-likeness (QED) is 0.564. The topological polar surface area (TPSA) is 55.9 Å². The Morgan fingerprint density at radius 3 is 2.75 bits per heavy atom. The highest BCUT2D eigenvalue weighted by Gasteiger charge is 2.18. The van der Waals surface area contributed by atoms with Crippen molar-refractivity contribution in [3.05, 3.63) is 66.0 Å². The second-order valence-corrected chi connectivity index (χ2v) is 4.74. The number of hydrazine groups is 1. The highest BCUT2D eigenvalue weighted by atomic mass is 15.3. The predicted molar refractivity (Wildman–Crippen MR) is 81.0 cm³/mol. The first-order valence-corrected chi connectivity index (χ1v) is 6.80. The van der Waals surface area contributed by atoms with Gasteiger partial charge in [0.1, 0.15) is 0 Å². The van der Waals surface area contributed by atoms with Crippen molar-refractivity contribution in [3.8, 4) is 0 Å². The Bertz CT molecular complexity index is 712. The molecule has 0 aliphatic heterocycles. The molecule has 3 rings (SSSR count). The van der Waals surface area contributed by atoms with Crippen LogP contribution in [0.4, 0.5) is 0 Å². The molecule has 0 saturated heterocycles. The summed E-state index contributed by atoms with van der Waals surface area (Å²) in [6, 6.07) is 16.6. The van der Waals surface area contributed by atoms with Gasteiger partial charge in [-0.2, -0.15) is 5.10 Å². The van der Waals surface area contributed by atoms with Crippen LogP contribution in [0.2, 0.25) is 0 Å². The average Bonchev–Trinajstić information content (AvgIpc) is 2.97. The molecular formula is C16H18N4. The largest absolute Gasteiger partial charge is 0.271 e. The lowest BCUT2D eigenvalue weighted by atomic mass is 9.97. The molecule has 1 unspecified atom stereocenters. The van der Waals surface area contributed by atoms with E-state index in [0.717, 1.165) is 12.2 Å². The number of aryl methyl sites for hydroxylation is 1. The van der Waals surface area contributed by atoms with Crippen molar-refractivity contribution in [1.82, 2.24) is 15.2 Å². The van der Waals surface area contributed by atoms with Crippen LogP contribution in [0.5, 0.6) is 0 Å². The van der Waals surface area contributed by atoms with Crippen LogP contribution in [-0.2, 0) is 6.54 Å². The summed E-state index contributed by atoms with van der Waals surface area (Å²) >= 11 is 0. The number of hydrogen-bond acceptors (Lipinski definition) is 3. The monoisotopic (exact) mass is 266 g/mol. The Morgan fingerprint density at radius 1 is 1.15 bits per heavy atom. The van der Waals surface area contributed by atoms with Gasteiger partial charge >= 0.3 is 0 Å². The molecule has 1 heterocycles. The fourth-order valence-electron chi connectivity index (χ4n) is 2.69. The fraction of sp³-hybridized carbons (Fsp3) is 0.188. The molecule has 0 amide bonds. The van der Waals surface area contributed by atoms with Gasteiger partial charge in [0.2, 0.25) is 0 Å². The number of fused-ring (bicyclic) bond motifs is 1. The zero-order valence-corrected chi connectivity index (χ0v) is 11.5. The molecule has 1 atom stereocenters. The standard InChI is InChI=1S/C16H18N4/c1-2-20-15(10-11-18-20)16(19-17)14-9-5-7-12-6-3-4-8-13(12)14/h3-11,16,19H,2,17H2,1H3. The molecule has 0 spiro atoms. The van der Waals surface area contributed by atoms with Crippen LogP contribution in [0, 0.1) is 0 Å². The van der Waals surface area contributed by atoms with Gasteiger partial charge in [-0.05, 0) is 29.3 Å². The molecule has 4 heteroatoms. The van der Waals surface area contributed by atoms with E-state index in [1.165, 1.54) is 16.3 Å². The lowest BCUT2D eigenvalue weighted by Crippen LogP contribution is -2.30. The Kier molecular flexibility index (Phi) is 3.50. The maximum absolute atomic E-state index is 5.82. The second-order valence-electron chi connectivity index (χ2n) is 4.74. The van der Waals surface area contributed by atoms with Gasteiger partial charge in [0, 0.05) is 12.7 Å². The maximum atomic E-state index is 5.82. The van der Waals surface area contributed by atoms with E-state index in [1.807, 2.05) is 23.0 Å². The first kappa shape index (κ1) is 12.8. The smallest absolute Gasteiger partial charge is 0.0884 e. The van der Waals surface area contributed by atoms with E-state index in [9.17, 15) is 0 Å². The molecular weight excluding hydrogens is 248 g/mol. The van der Waals surface area contributed by atoms with Crippen LogP contribution < -0.4 is 11.3 Å². The zero-order valence-electron chi connectivity index (χ0n) is 11.5. The first-order chi connectivity index (χ1) is 9.85. The van der Waals surface area contributed by atoms with Crippen LogP contribution in [-0.4, -0.2) is 9.78 Å². The van der Waals surface area contributed by atoms with E-state index in [1.54, 1.807) is 0 Å². The number of nitrogens with one attached hydrogen (secondary N) is 1. The van der Waals surface area contributed by atoms with Crippen molar-refractivity contribution in [1.29, 1.82) is 0 Å². The summed E-state index contributed by atoms with van der Waals surface area (Å²) < 4.78 is 1.96. The molecule has 3 aromatic rings. The summed E-state index contributed by atoms with van der Waals surface area (Å²) in [5.74, 6) is 5.82. The van der Waals surface area contributed by atoms with Crippen molar-refractivity contribution in [2.24, 2.45) is 5.84 Å². The van der Waals surface area contributed by atoms with Gasteiger partial charge < -0.3 is 0 Å². The SMILES string of the molecule is CCn1nccc1C(NN)c1cccc2ccccc12. The number of nitrogens with two attached hydrogens (primary N) is 1. The van der Waals surface area contributed by atoms with Crippen molar-refractivity contribution in [2.75, 3.05) is 0 Å². The van der Waals surface area contributed by atoms with Gasteiger partial charge in [-0.3, -0.25) is 10.5 Å². The third-order valence-electron chi connectivity index (χ3n) is 3.65. The Balaban J connectivity index is 2.17. The number of hydrogen-bond donors (Lipinski definition) is 2. The number of rotatable bonds is 4. The van der Waals surface area contributed by atoms with Crippen LogP contribution in [0.3, 0.4) is 0 Å². The third kappa shape index (κ3) is 2.09. The van der Waals surface area contributed by atoms with Crippen molar-refractivity contribution < 1.29 is 0 Å². The summed E-state index contributed by atoms with van der Waals surface area (Å²) in [4.78, 5) is 0. The maximum Gasteiger partial charge on any atom is 0.0884 e. The molecule has 0 aliphatic rings. The molecule has 2 aromatic carbocycles. The van der Waals surface area contributed by atoms with Gasteiger partial charge in [0.15, 0.2) is 0 Å². The molecule has 0 fully saturated rings. The number of benzene rings is 2. The average molecular weight is 266 g/mol. The van der Waals surface area contributed by atoms with E-state index in [4.69, 9.17) is 5.84 Å². The molecule has 1 aromatic heterocycles. The minimum atomic E-state index is -0.0662. The lowest BCUT2D eigenvalue weighted by Gasteiger charge is -2.19. The zero-order chi connectivity index (χ0) is 13.9. The fourth-order valence-corrected chi connectivity index (χ4v) is 2.69. The normalized spacial score (nSPS) is 12.7. The van der Waals surface area contributed by atoms with Crippen molar-refractivity contribution in [3.63, 3.8) is 0 Å².